The Kier molecular flexibility index (Phi) is 5.01. The van der Waals surface area contributed by atoms with Gasteiger partial charge in [-0.05, 0) is 51.8 Å². The maximum Gasteiger partial charge on any atom is 0.261 e. The molecule has 0 unspecified atom stereocenters. The summed E-state index contributed by atoms with van der Waals surface area (Å²) in [5, 5.41) is 0.542. The van der Waals surface area contributed by atoms with E-state index >= 15 is 0 Å². The summed E-state index contributed by atoms with van der Waals surface area (Å²) >= 11 is 4.76. The molecule has 0 saturated heterocycles. The topological polar surface area (TPSA) is 33.2 Å². The van der Waals surface area contributed by atoms with Gasteiger partial charge in [-0.25, -0.2) is 9.37 Å². The Morgan fingerprint density at radius 1 is 1.04 bits per heavy atom. The van der Waals surface area contributed by atoms with E-state index in [0.29, 0.717) is 27.5 Å². The molecule has 0 radical (unpaired) electrons. The van der Waals surface area contributed by atoms with Crippen molar-refractivity contribution in [2.75, 3.05) is 4.90 Å². The molecule has 3 nitrogen and oxygen atoms in total. The number of halogens is 2. The van der Waals surface area contributed by atoms with Crippen molar-refractivity contribution in [3.8, 4) is 0 Å². The predicted molar refractivity (Wildman–Crippen MR) is 111 cm³/mol. The normalized spacial score (nSPS) is 10.9. The third-order valence-electron chi connectivity index (χ3n) is 4.10. The van der Waals surface area contributed by atoms with Gasteiger partial charge in [0.2, 0.25) is 0 Å². The molecule has 3 aromatic carbocycles. The van der Waals surface area contributed by atoms with Crippen LogP contribution < -0.4 is 4.90 Å². The van der Waals surface area contributed by atoms with Crippen LogP contribution in [-0.2, 0) is 6.54 Å². The SMILES string of the molecule is O=C(c1ccccc1Br)N(Cc1ccccc1)c1nc2ccc(F)cc2s1. The molecular weight excluding hydrogens is 427 g/mol. The first-order valence-corrected chi connectivity index (χ1v) is 9.89. The van der Waals surface area contributed by atoms with Gasteiger partial charge in [0, 0.05) is 4.47 Å². The summed E-state index contributed by atoms with van der Waals surface area (Å²) in [5.74, 6) is -0.477. The van der Waals surface area contributed by atoms with E-state index in [2.05, 4.69) is 20.9 Å². The largest absolute Gasteiger partial charge is 0.279 e. The molecular formula is C21H14BrFN2OS. The minimum atomic E-state index is -0.315. The number of amides is 1. The Hall–Kier alpha value is -2.57. The third kappa shape index (κ3) is 3.77. The van der Waals surface area contributed by atoms with Crippen molar-refractivity contribution >= 4 is 48.5 Å². The van der Waals surface area contributed by atoms with Crippen molar-refractivity contribution in [2.24, 2.45) is 0 Å². The number of thiazole rings is 1. The molecule has 1 heterocycles. The zero-order valence-electron chi connectivity index (χ0n) is 14.1. The highest BCUT2D eigenvalue weighted by atomic mass is 79.9. The van der Waals surface area contributed by atoms with Gasteiger partial charge in [-0.3, -0.25) is 9.69 Å². The molecule has 4 aromatic rings. The molecule has 27 heavy (non-hydrogen) atoms. The Balaban J connectivity index is 1.79. The molecule has 0 spiro atoms. The summed E-state index contributed by atoms with van der Waals surface area (Å²) in [6.45, 7) is 0.378. The molecule has 0 aliphatic heterocycles. The number of anilines is 1. The lowest BCUT2D eigenvalue weighted by Crippen LogP contribution is -2.30. The molecule has 0 aliphatic carbocycles. The van der Waals surface area contributed by atoms with E-state index in [9.17, 15) is 9.18 Å². The molecule has 1 amide bonds. The van der Waals surface area contributed by atoms with Gasteiger partial charge in [-0.15, -0.1) is 0 Å². The Labute approximate surface area is 168 Å². The van der Waals surface area contributed by atoms with Crippen LogP contribution in [0.3, 0.4) is 0 Å². The van der Waals surface area contributed by atoms with Crippen molar-refractivity contribution in [3.63, 3.8) is 0 Å². The van der Waals surface area contributed by atoms with Crippen molar-refractivity contribution < 1.29 is 9.18 Å². The van der Waals surface area contributed by atoms with Crippen LogP contribution in [0.1, 0.15) is 15.9 Å². The minimum Gasteiger partial charge on any atom is -0.279 e. The lowest BCUT2D eigenvalue weighted by Gasteiger charge is -2.20. The number of aromatic nitrogens is 1. The number of hydrogen-bond acceptors (Lipinski definition) is 3. The lowest BCUT2D eigenvalue weighted by molar-refractivity contribution is 0.0984. The second-order valence-electron chi connectivity index (χ2n) is 5.97. The minimum absolute atomic E-state index is 0.161. The first-order chi connectivity index (χ1) is 13.1. The standard InChI is InChI=1S/C21H14BrFN2OS/c22-17-9-5-4-8-16(17)20(26)25(13-14-6-2-1-3-7-14)21-24-18-11-10-15(23)12-19(18)27-21/h1-12H,13H2. The number of benzene rings is 3. The van der Waals surface area contributed by atoms with Crippen LogP contribution in [0.25, 0.3) is 10.2 Å². The van der Waals surface area contributed by atoms with Crippen LogP contribution in [0.4, 0.5) is 9.52 Å². The molecule has 0 aliphatic rings. The van der Waals surface area contributed by atoms with Gasteiger partial charge in [0.25, 0.3) is 5.91 Å². The zero-order valence-corrected chi connectivity index (χ0v) is 16.5. The fourth-order valence-corrected chi connectivity index (χ4v) is 4.22. The maximum atomic E-state index is 13.6. The smallest absolute Gasteiger partial charge is 0.261 e. The van der Waals surface area contributed by atoms with Crippen LogP contribution in [0.2, 0.25) is 0 Å². The van der Waals surface area contributed by atoms with E-state index in [1.807, 2.05) is 48.5 Å². The summed E-state index contributed by atoms with van der Waals surface area (Å²) in [5.41, 5.74) is 2.22. The molecule has 0 atom stereocenters. The van der Waals surface area contributed by atoms with Crippen molar-refractivity contribution in [2.45, 2.75) is 6.54 Å². The van der Waals surface area contributed by atoms with Crippen LogP contribution in [0, 0.1) is 5.82 Å². The molecule has 0 saturated carbocycles. The molecule has 0 fully saturated rings. The van der Waals surface area contributed by atoms with Crippen LogP contribution in [-0.4, -0.2) is 10.9 Å². The van der Waals surface area contributed by atoms with Crippen LogP contribution >= 0.6 is 27.3 Å². The third-order valence-corrected chi connectivity index (χ3v) is 5.84. The van der Waals surface area contributed by atoms with Gasteiger partial charge in [0.05, 0.1) is 22.3 Å². The fraction of sp³-hybridized carbons (Fsp3) is 0.0476. The van der Waals surface area contributed by atoms with Crippen molar-refractivity contribution in [1.82, 2.24) is 4.98 Å². The maximum absolute atomic E-state index is 13.6. The highest BCUT2D eigenvalue weighted by molar-refractivity contribution is 9.10. The molecule has 0 N–H and O–H groups in total. The average Bonchev–Trinajstić information content (AvgIpc) is 3.09. The van der Waals surface area contributed by atoms with Gasteiger partial charge >= 0.3 is 0 Å². The van der Waals surface area contributed by atoms with E-state index in [0.717, 1.165) is 10.0 Å². The average molecular weight is 441 g/mol. The molecule has 6 heteroatoms. The number of rotatable bonds is 4. The van der Waals surface area contributed by atoms with Crippen LogP contribution in [0.5, 0.6) is 0 Å². The number of carbonyl (C=O) groups is 1. The molecule has 134 valence electrons. The highest BCUT2D eigenvalue weighted by Crippen LogP contribution is 2.32. The predicted octanol–water partition coefficient (Wildman–Crippen LogP) is 6.04. The number of fused-ring (bicyclic) bond motifs is 1. The van der Waals surface area contributed by atoms with E-state index < -0.39 is 0 Å². The zero-order chi connectivity index (χ0) is 18.8. The summed E-state index contributed by atoms with van der Waals surface area (Å²) in [6.07, 6.45) is 0. The van der Waals surface area contributed by atoms with Crippen molar-refractivity contribution in [3.05, 3.63) is 94.2 Å². The highest BCUT2D eigenvalue weighted by Gasteiger charge is 2.23. The first kappa shape index (κ1) is 17.8. The van der Waals surface area contributed by atoms with Gasteiger partial charge in [0.1, 0.15) is 5.82 Å². The quantitative estimate of drug-likeness (QED) is 0.387. The first-order valence-electron chi connectivity index (χ1n) is 8.28. The van der Waals surface area contributed by atoms with Gasteiger partial charge < -0.3 is 0 Å². The van der Waals surface area contributed by atoms with Crippen molar-refractivity contribution in [1.29, 1.82) is 0 Å². The van der Waals surface area contributed by atoms with Gasteiger partial charge in [-0.2, -0.15) is 0 Å². The Morgan fingerprint density at radius 3 is 2.56 bits per heavy atom. The Morgan fingerprint density at radius 2 is 1.78 bits per heavy atom. The summed E-state index contributed by atoms with van der Waals surface area (Å²) < 4.78 is 15.0. The number of hydrogen-bond donors (Lipinski definition) is 0. The van der Waals surface area contributed by atoms with Crippen LogP contribution in [0.15, 0.2) is 77.3 Å². The summed E-state index contributed by atoms with van der Waals surface area (Å²) in [6, 6.07) is 21.5. The van der Waals surface area contributed by atoms with E-state index in [4.69, 9.17) is 0 Å². The van der Waals surface area contributed by atoms with E-state index in [1.165, 1.54) is 23.5 Å². The number of nitrogens with zero attached hydrogens (tertiary/aromatic N) is 2. The van der Waals surface area contributed by atoms with Gasteiger partial charge in [-0.1, -0.05) is 53.8 Å². The number of carbonyl (C=O) groups excluding carboxylic acids is 1. The van der Waals surface area contributed by atoms with E-state index in [-0.39, 0.29) is 11.7 Å². The molecule has 4 rings (SSSR count). The summed E-state index contributed by atoms with van der Waals surface area (Å²) in [7, 11) is 0. The monoisotopic (exact) mass is 440 g/mol. The van der Waals surface area contributed by atoms with Gasteiger partial charge in [0.15, 0.2) is 5.13 Å². The second kappa shape index (κ2) is 7.58. The molecule has 0 bridgehead atoms. The lowest BCUT2D eigenvalue weighted by atomic mass is 10.1. The Bertz CT molecular complexity index is 1110. The second-order valence-corrected chi connectivity index (χ2v) is 7.83. The fourth-order valence-electron chi connectivity index (χ4n) is 2.77. The molecule has 1 aromatic heterocycles. The summed E-state index contributed by atoms with van der Waals surface area (Å²) in [4.78, 5) is 19.5. The van der Waals surface area contributed by atoms with E-state index in [1.54, 1.807) is 17.0 Å².